The third-order valence-electron chi connectivity index (χ3n) is 2.93. The number of hydrogen-bond acceptors (Lipinski definition) is 2. The average Bonchev–Trinajstić information content (AvgIpc) is 2.87. The fourth-order valence-corrected chi connectivity index (χ4v) is 2.14. The molecule has 0 amide bonds. The van der Waals surface area contributed by atoms with Gasteiger partial charge in [-0.15, -0.1) is 6.42 Å². The van der Waals surface area contributed by atoms with Crippen LogP contribution in [-0.4, -0.2) is 30.1 Å². The standard InChI is InChI=1S/C13H24N2/c1-4-8-13(3,14)11-15(9-5-2)10-12-6-7-12/h2,12H,4,6-11,14H2,1,3H3. The van der Waals surface area contributed by atoms with E-state index in [0.717, 1.165) is 38.4 Å². The molecular weight excluding hydrogens is 184 g/mol. The van der Waals surface area contributed by atoms with Crippen LogP contribution in [-0.2, 0) is 0 Å². The minimum absolute atomic E-state index is 0.0828. The highest BCUT2D eigenvalue weighted by Crippen LogP contribution is 2.30. The van der Waals surface area contributed by atoms with E-state index in [1.165, 1.54) is 12.8 Å². The van der Waals surface area contributed by atoms with Gasteiger partial charge in [0.2, 0.25) is 0 Å². The van der Waals surface area contributed by atoms with Crippen LogP contribution in [0.2, 0.25) is 0 Å². The topological polar surface area (TPSA) is 29.3 Å². The molecule has 1 aliphatic carbocycles. The first-order valence-electron chi connectivity index (χ1n) is 6.02. The van der Waals surface area contributed by atoms with E-state index in [9.17, 15) is 0 Å². The molecule has 1 aliphatic rings. The average molecular weight is 208 g/mol. The van der Waals surface area contributed by atoms with Crippen LogP contribution in [0.5, 0.6) is 0 Å². The third-order valence-corrected chi connectivity index (χ3v) is 2.93. The third kappa shape index (κ3) is 5.20. The van der Waals surface area contributed by atoms with E-state index in [1.54, 1.807) is 0 Å². The van der Waals surface area contributed by atoms with Gasteiger partial charge in [0.05, 0.1) is 6.54 Å². The van der Waals surface area contributed by atoms with Crippen molar-refractivity contribution in [2.45, 2.75) is 45.1 Å². The van der Waals surface area contributed by atoms with Crippen molar-refractivity contribution >= 4 is 0 Å². The summed E-state index contributed by atoms with van der Waals surface area (Å²) < 4.78 is 0. The Hall–Kier alpha value is -0.520. The van der Waals surface area contributed by atoms with Gasteiger partial charge in [0.25, 0.3) is 0 Å². The molecule has 2 nitrogen and oxygen atoms in total. The quantitative estimate of drug-likeness (QED) is 0.647. The molecule has 1 rings (SSSR count). The van der Waals surface area contributed by atoms with E-state index in [1.807, 2.05) is 0 Å². The molecule has 0 aromatic rings. The highest BCUT2D eigenvalue weighted by molar-refractivity contribution is 4.93. The van der Waals surface area contributed by atoms with E-state index in [-0.39, 0.29) is 5.54 Å². The summed E-state index contributed by atoms with van der Waals surface area (Å²) in [6.45, 7) is 7.12. The molecule has 2 N–H and O–H groups in total. The summed E-state index contributed by atoms with van der Waals surface area (Å²) in [4.78, 5) is 2.34. The maximum absolute atomic E-state index is 6.24. The van der Waals surface area contributed by atoms with Gasteiger partial charge >= 0.3 is 0 Å². The van der Waals surface area contributed by atoms with Crippen LogP contribution < -0.4 is 5.73 Å². The summed E-state index contributed by atoms with van der Waals surface area (Å²) in [6, 6.07) is 0. The first-order valence-corrected chi connectivity index (χ1v) is 6.02. The molecule has 0 heterocycles. The minimum atomic E-state index is -0.0828. The summed E-state index contributed by atoms with van der Waals surface area (Å²) in [5.74, 6) is 3.62. The number of hydrogen-bond donors (Lipinski definition) is 1. The summed E-state index contributed by atoms with van der Waals surface area (Å²) in [5.41, 5.74) is 6.16. The predicted molar refractivity (Wildman–Crippen MR) is 65.5 cm³/mol. The Morgan fingerprint density at radius 3 is 2.67 bits per heavy atom. The molecule has 0 aliphatic heterocycles. The number of nitrogens with zero attached hydrogens (tertiary/aromatic N) is 1. The zero-order chi connectivity index (χ0) is 11.3. The van der Waals surface area contributed by atoms with Crippen molar-refractivity contribution in [1.82, 2.24) is 4.90 Å². The fraction of sp³-hybridized carbons (Fsp3) is 0.846. The second-order valence-corrected chi connectivity index (χ2v) is 5.22. The van der Waals surface area contributed by atoms with Crippen LogP contribution in [0.1, 0.15) is 39.5 Å². The highest BCUT2D eigenvalue weighted by Gasteiger charge is 2.27. The molecule has 1 unspecified atom stereocenters. The Bertz CT molecular complexity index is 223. The van der Waals surface area contributed by atoms with Crippen LogP contribution in [0.3, 0.4) is 0 Å². The van der Waals surface area contributed by atoms with E-state index in [0.29, 0.717) is 0 Å². The maximum Gasteiger partial charge on any atom is 0.0599 e. The van der Waals surface area contributed by atoms with Gasteiger partial charge < -0.3 is 5.73 Å². The molecule has 2 heteroatoms. The molecule has 15 heavy (non-hydrogen) atoms. The van der Waals surface area contributed by atoms with Gasteiger partial charge in [0.15, 0.2) is 0 Å². The number of rotatable bonds is 7. The van der Waals surface area contributed by atoms with Crippen molar-refractivity contribution in [3.8, 4) is 12.3 Å². The van der Waals surface area contributed by atoms with Crippen LogP contribution in [0.4, 0.5) is 0 Å². The van der Waals surface area contributed by atoms with Crippen molar-refractivity contribution in [3.63, 3.8) is 0 Å². The molecule has 86 valence electrons. The molecule has 0 saturated heterocycles. The van der Waals surface area contributed by atoms with Crippen LogP contribution >= 0.6 is 0 Å². The summed E-state index contributed by atoms with van der Waals surface area (Å²) >= 11 is 0. The summed E-state index contributed by atoms with van der Waals surface area (Å²) in [6.07, 6.45) is 10.3. The van der Waals surface area contributed by atoms with Crippen molar-refractivity contribution < 1.29 is 0 Å². The lowest BCUT2D eigenvalue weighted by Gasteiger charge is -2.31. The lowest BCUT2D eigenvalue weighted by atomic mass is 9.97. The minimum Gasteiger partial charge on any atom is -0.324 e. The van der Waals surface area contributed by atoms with E-state index in [2.05, 4.69) is 24.7 Å². The lowest BCUT2D eigenvalue weighted by Crippen LogP contribution is -2.48. The fourth-order valence-electron chi connectivity index (χ4n) is 2.14. The molecule has 0 bridgehead atoms. The maximum atomic E-state index is 6.24. The predicted octanol–water partition coefficient (Wildman–Crippen LogP) is 1.85. The van der Waals surface area contributed by atoms with E-state index < -0.39 is 0 Å². The molecule has 1 fully saturated rings. The van der Waals surface area contributed by atoms with Gasteiger partial charge in [0, 0.05) is 18.6 Å². The van der Waals surface area contributed by atoms with Crippen molar-refractivity contribution in [2.24, 2.45) is 11.7 Å². The van der Waals surface area contributed by atoms with Crippen LogP contribution in [0.25, 0.3) is 0 Å². The Morgan fingerprint density at radius 2 is 2.20 bits per heavy atom. The van der Waals surface area contributed by atoms with Gasteiger partial charge in [-0.2, -0.15) is 0 Å². The number of terminal acetylenes is 1. The second-order valence-electron chi connectivity index (χ2n) is 5.22. The summed E-state index contributed by atoms with van der Waals surface area (Å²) in [5, 5.41) is 0. The largest absolute Gasteiger partial charge is 0.324 e. The molecule has 0 aromatic heterocycles. The van der Waals surface area contributed by atoms with Gasteiger partial charge in [-0.25, -0.2) is 0 Å². The summed E-state index contributed by atoms with van der Waals surface area (Å²) in [7, 11) is 0. The second kappa shape index (κ2) is 5.53. The SMILES string of the molecule is C#CCN(CC1CC1)CC(C)(N)CCC. The van der Waals surface area contributed by atoms with Crippen molar-refractivity contribution in [2.75, 3.05) is 19.6 Å². The van der Waals surface area contributed by atoms with E-state index in [4.69, 9.17) is 12.2 Å². The molecule has 1 atom stereocenters. The molecule has 0 spiro atoms. The Balaban J connectivity index is 2.37. The molecular formula is C13H24N2. The smallest absolute Gasteiger partial charge is 0.0599 e. The van der Waals surface area contributed by atoms with Gasteiger partial charge in [-0.1, -0.05) is 19.3 Å². The molecule has 0 aromatic carbocycles. The Labute approximate surface area is 94.2 Å². The Morgan fingerprint density at radius 1 is 1.53 bits per heavy atom. The van der Waals surface area contributed by atoms with Crippen LogP contribution in [0, 0.1) is 18.3 Å². The monoisotopic (exact) mass is 208 g/mol. The van der Waals surface area contributed by atoms with Crippen LogP contribution in [0.15, 0.2) is 0 Å². The first kappa shape index (κ1) is 12.5. The Kier molecular flexibility index (Phi) is 4.63. The first-order chi connectivity index (χ1) is 7.07. The van der Waals surface area contributed by atoms with Crippen molar-refractivity contribution in [1.29, 1.82) is 0 Å². The highest BCUT2D eigenvalue weighted by atomic mass is 15.1. The lowest BCUT2D eigenvalue weighted by molar-refractivity contribution is 0.222. The van der Waals surface area contributed by atoms with Gasteiger partial charge in [-0.05, 0) is 32.1 Å². The molecule has 0 radical (unpaired) electrons. The van der Waals surface area contributed by atoms with Gasteiger partial charge in [0.1, 0.15) is 0 Å². The molecule has 1 saturated carbocycles. The van der Waals surface area contributed by atoms with E-state index >= 15 is 0 Å². The zero-order valence-corrected chi connectivity index (χ0v) is 10.1. The zero-order valence-electron chi connectivity index (χ0n) is 10.1. The van der Waals surface area contributed by atoms with Gasteiger partial charge in [-0.3, -0.25) is 4.90 Å². The number of nitrogens with two attached hydrogens (primary N) is 1. The normalized spacial score (nSPS) is 19.9. The van der Waals surface area contributed by atoms with Crippen molar-refractivity contribution in [3.05, 3.63) is 0 Å².